The molecule has 1 heterocycles. The summed E-state index contributed by atoms with van der Waals surface area (Å²) in [6, 6.07) is 19.1. The fourth-order valence-electron chi connectivity index (χ4n) is 2.51. The molecule has 27 heavy (non-hydrogen) atoms. The fourth-order valence-corrected chi connectivity index (χ4v) is 2.51. The maximum atomic E-state index is 12.1. The number of hydrogen-bond acceptors (Lipinski definition) is 4. The number of para-hydroxylation sites is 1. The second-order valence-corrected chi connectivity index (χ2v) is 6.14. The van der Waals surface area contributed by atoms with E-state index in [0.717, 1.165) is 35.7 Å². The van der Waals surface area contributed by atoms with Gasteiger partial charge in [-0.05, 0) is 48.9 Å². The zero-order valence-electron chi connectivity index (χ0n) is 15.3. The maximum absolute atomic E-state index is 12.1. The molecule has 0 aliphatic carbocycles. The summed E-state index contributed by atoms with van der Waals surface area (Å²) in [6.07, 6.45) is 5.28. The molecule has 0 saturated heterocycles. The number of nitrogens with zero attached hydrogens (tertiary/aromatic N) is 1. The molecule has 0 atom stereocenters. The van der Waals surface area contributed by atoms with Gasteiger partial charge in [-0.2, -0.15) is 0 Å². The van der Waals surface area contributed by atoms with Crippen LogP contribution >= 0.6 is 0 Å². The Balaban J connectivity index is 1.61. The molecule has 5 heteroatoms. The van der Waals surface area contributed by atoms with Crippen LogP contribution in [-0.2, 0) is 0 Å². The van der Waals surface area contributed by atoms with Crippen LogP contribution < -0.4 is 15.4 Å². The highest BCUT2D eigenvalue weighted by atomic mass is 16.5. The van der Waals surface area contributed by atoms with Gasteiger partial charge in [-0.15, -0.1) is 0 Å². The van der Waals surface area contributed by atoms with Gasteiger partial charge in [0, 0.05) is 18.4 Å². The smallest absolute Gasteiger partial charge is 0.252 e. The second kappa shape index (κ2) is 9.38. The van der Waals surface area contributed by atoms with E-state index in [4.69, 9.17) is 4.74 Å². The lowest BCUT2D eigenvalue weighted by molar-refractivity contribution is 0.0953. The number of rotatable bonds is 8. The number of hydrogen-bond donors (Lipinski definition) is 2. The first kappa shape index (κ1) is 18.5. The van der Waals surface area contributed by atoms with E-state index in [1.165, 1.54) is 0 Å². The van der Waals surface area contributed by atoms with Crippen LogP contribution in [0, 0.1) is 0 Å². The van der Waals surface area contributed by atoms with Crippen molar-refractivity contribution in [3.8, 4) is 11.5 Å². The summed E-state index contributed by atoms with van der Waals surface area (Å²) in [5.41, 5.74) is 2.19. The number of unbranched alkanes of at least 4 members (excludes halogenated alkanes) is 1. The monoisotopic (exact) mass is 361 g/mol. The molecule has 0 aliphatic rings. The molecule has 0 fully saturated rings. The van der Waals surface area contributed by atoms with Gasteiger partial charge in [-0.3, -0.25) is 9.78 Å². The Hall–Kier alpha value is -3.34. The van der Waals surface area contributed by atoms with Crippen molar-refractivity contribution in [3.05, 3.63) is 78.6 Å². The van der Waals surface area contributed by atoms with Crippen LogP contribution in [0.25, 0.3) is 0 Å². The molecule has 5 nitrogen and oxygen atoms in total. The first-order valence-corrected chi connectivity index (χ1v) is 9.08. The lowest BCUT2D eigenvalue weighted by Crippen LogP contribution is -2.24. The molecule has 1 aromatic heterocycles. The summed E-state index contributed by atoms with van der Waals surface area (Å²) in [4.78, 5) is 16.3. The number of carbonyl (C=O) groups excluding carboxylic acids is 1. The predicted octanol–water partition coefficient (Wildman–Crippen LogP) is 5.15. The van der Waals surface area contributed by atoms with Crippen LogP contribution in [0.4, 0.5) is 11.4 Å². The quantitative estimate of drug-likeness (QED) is 0.545. The van der Waals surface area contributed by atoms with E-state index in [1.807, 2.05) is 54.6 Å². The van der Waals surface area contributed by atoms with Gasteiger partial charge in [-0.25, -0.2) is 0 Å². The van der Waals surface area contributed by atoms with Crippen molar-refractivity contribution >= 4 is 17.3 Å². The van der Waals surface area contributed by atoms with Crippen molar-refractivity contribution in [2.75, 3.05) is 11.9 Å². The zero-order chi connectivity index (χ0) is 18.9. The van der Waals surface area contributed by atoms with Crippen molar-refractivity contribution in [2.24, 2.45) is 0 Å². The number of ether oxygens (including phenoxy) is 1. The molecule has 2 aromatic carbocycles. The van der Waals surface area contributed by atoms with Gasteiger partial charge in [0.2, 0.25) is 0 Å². The Bertz CT molecular complexity index is 864. The van der Waals surface area contributed by atoms with Gasteiger partial charge in [0.05, 0.1) is 17.4 Å². The zero-order valence-corrected chi connectivity index (χ0v) is 15.3. The van der Waals surface area contributed by atoms with E-state index in [-0.39, 0.29) is 5.91 Å². The fraction of sp³-hybridized carbons (Fsp3) is 0.182. The molecule has 0 bridgehead atoms. The lowest BCUT2D eigenvalue weighted by atomic mass is 10.2. The second-order valence-electron chi connectivity index (χ2n) is 6.14. The number of pyridine rings is 1. The standard InChI is InChI=1S/C22H23N3O2/c1-2-3-13-24-22(26)17-14-19(16-23-15-17)25-18-9-11-21(12-10-18)27-20-7-5-4-6-8-20/h4-12,14-16,25H,2-3,13H2,1H3,(H,24,26). The van der Waals surface area contributed by atoms with Crippen LogP contribution in [0.2, 0.25) is 0 Å². The van der Waals surface area contributed by atoms with Crippen LogP contribution in [0.3, 0.4) is 0 Å². The van der Waals surface area contributed by atoms with Crippen molar-refractivity contribution in [2.45, 2.75) is 19.8 Å². The van der Waals surface area contributed by atoms with Crippen LogP contribution in [0.15, 0.2) is 73.1 Å². The first-order valence-electron chi connectivity index (χ1n) is 9.08. The minimum atomic E-state index is -0.105. The van der Waals surface area contributed by atoms with Crippen molar-refractivity contribution in [1.82, 2.24) is 10.3 Å². The highest BCUT2D eigenvalue weighted by molar-refractivity contribution is 5.94. The van der Waals surface area contributed by atoms with Crippen LogP contribution in [0.5, 0.6) is 11.5 Å². The number of aromatic nitrogens is 1. The number of nitrogens with one attached hydrogen (secondary N) is 2. The largest absolute Gasteiger partial charge is 0.457 e. The minimum Gasteiger partial charge on any atom is -0.457 e. The Morgan fingerprint density at radius 1 is 0.963 bits per heavy atom. The van der Waals surface area contributed by atoms with E-state index in [0.29, 0.717) is 12.1 Å². The first-order chi connectivity index (χ1) is 13.2. The lowest BCUT2D eigenvalue weighted by Gasteiger charge is -2.10. The number of benzene rings is 2. The Kier molecular flexibility index (Phi) is 6.41. The molecule has 3 aromatic rings. The van der Waals surface area contributed by atoms with Crippen molar-refractivity contribution in [1.29, 1.82) is 0 Å². The third-order valence-corrected chi connectivity index (χ3v) is 3.94. The van der Waals surface area contributed by atoms with Gasteiger partial charge in [0.1, 0.15) is 11.5 Å². The molecule has 0 unspecified atom stereocenters. The normalized spacial score (nSPS) is 10.3. The van der Waals surface area contributed by atoms with E-state index >= 15 is 0 Å². The van der Waals surface area contributed by atoms with Gasteiger partial charge < -0.3 is 15.4 Å². The Morgan fingerprint density at radius 2 is 1.70 bits per heavy atom. The summed E-state index contributed by atoms with van der Waals surface area (Å²) >= 11 is 0. The van der Waals surface area contributed by atoms with E-state index in [1.54, 1.807) is 18.5 Å². The van der Waals surface area contributed by atoms with Gasteiger partial charge in [0.25, 0.3) is 5.91 Å². The molecule has 138 valence electrons. The average Bonchev–Trinajstić information content (AvgIpc) is 2.71. The SMILES string of the molecule is CCCCNC(=O)c1cncc(Nc2ccc(Oc3ccccc3)cc2)c1. The Morgan fingerprint density at radius 3 is 2.44 bits per heavy atom. The summed E-state index contributed by atoms with van der Waals surface area (Å²) in [7, 11) is 0. The highest BCUT2D eigenvalue weighted by Crippen LogP contribution is 2.24. The average molecular weight is 361 g/mol. The third kappa shape index (κ3) is 5.57. The highest BCUT2D eigenvalue weighted by Gasteiger charge is 2.06. The summed E-state index contributed by atoms with van der Waals surface area (Å²) in [6.45, 7) is 2.77. The number of anilines is 2. The van der Waals surface area contributed by atoms with Crippen LogP contribution in [-0.4, -0.2) is 17.4 Å². The van der Waals surface area contributed by atoms with Gasteiger partial charge >= 0.3 is 0 Å². The van der Waals surface area contributed by atoms with Crippen molar-refractivity contribution < 1.29 is 9.53 Å². The number of amides is 1. The molecular formula is C22H23N3O2. The summed E-state index contributed by atoms with van der Waals surface area (Å²) in [5, 5.41) is 6.16. The Labute approximate surface area is 159 Å². The summed E-state index contributed by atoms with van der Waals surface area (Å²) in [5.74, 6) is 1.45. The van der Waals surface area contributed by atoms with E-state index < -0.39 is 0 Å². The predicted molar refractivity (Wildman–Crippen MR) is 108 cm³/mol. The molecule has 0 spiro atoms. The molecule has 0 radical (unpaired) electrons. The molecule has 0 aliphatic heterocycles. The van der Waals surface area contributed by atoms with Crippen molar-refractivity contribution in [3.63, 3.8) is 0 Å². The topological polar surface area (TPSA) is 63.2 Å². The van der Waals surface area contributed by atoms with Crippen LogP contribution in [0.1, 0.15) is 30.1 Å². The summed E-state index contributed by atoms with van der Waals surface area (Å²) < 4.78 is 5.79. The van der Waals surface area contributed by atoms with Gasteiger partial charge in [-0.1, -0.05) is 31.5 Å². The van der Waals surface area contributed by atoms with E-state index in [9.17, 15) is 4.79 Å². The maximum Gasteiger partial charge on any atom is 0.252 e. The molecular weight excluding hydrogens is 338 g/mol. The molecule has 2 N–H and O–H groups in total. The molecule has 0 saturated carbocycles. The molecule has 3 rings (SSSR count). The number of carbonyl (C=O) groups is 1. The third-order valence-electron chi connectivity index (χ3n) is 3.94. The van der Waals surface area contributed by atoms with E-state index in [2.05, 4.69) is 22.5 Å². The van der Waals surface area contributed by atoms with Gasteiger partial charge in [0.15, 0.2) is 0 Å². The minimum absolute atomic E-state index is 0.105. The molecule has 1 amide bonds.